The normalized spacial score (nSPS) is 13.2. The smallest absolute Gasteiger partial charge is 0.407 e. The fourth-order valence-corrected chi connectivity index (χ4v) is 2.39. The van der Waals surface area contributed by atoms with Crippen LogP contribution in [0.5, 0.6) is 0 Å². The third kappa shape index (κ3) is 7.96. The summed E-state index contributed by atoms with van der Waals surface area (Å²) >= 11 is 0. The summed E-state index contributed by atoms with van der Waals surface area (Å²) in [6.45, 7) is 5.65. The van der Waals surface area contributed by atoms with Crippen molar-refractivity contribution in [2.24, 2.45) is 5.73 Å². The molecule has 0 aliphatic heterocycles. The molecule has 0 unspecified atom stereocenters. The van der Waals surface area contributed by atoms with Crippen LogP contribution in [0.15, 0.2) is 30.3 Å². The molecular formula is C20H31N3O5. The van der Waals surface area contributed by atoms with E-state index in [-0.39, 0.29) is 13.0 Å². The van der Waals surface area contributed by atoms with E-state index < -0.39 is 29.1 Å². The van der Waals surface area contributed by atoms with E-state index in [0.29, 0.717) is 19.4 Å². The maximum atomic E-state index is 12.4. The molecule has 0 aliphatic carbocycles. The minimum absolute atomic E-state index is 0.0995. The van der Waals surface area contributed by atoms with Gasteiger partial charge in [0.05, 0.1) is 0 Å². The third-order valence-corrected chi connectivity index (χ3v) is 3.88. The molecule has 8 heteroatoms. The van der Waals surface area contributed by atoms with Crippen LogP contribution in [0, 0.1) is 0 Å². The average Bonchev–Trinajstić information content (AvgIpc) is 2.64. The first kappa shape index (κ1) is 23.4. The number of carbonyl (C=O) groups is 3. The highest BCUT2D eigenvalue weighted by atomic mass is 16.6. The molecule has 156 valence electrons. The van der Waals surface area contributed by atoms with Gasteiger partial charge < -0.3 is 25.8 Å². The van der Waals surface area contributed by atoms with E-state index in [1.165, 1.54) is 7.05 Å². The van der Waals surface area contributed by atoms with Crippen LogP contribution in [-0.2, 0) is 25.7 Å². The lowest BCUT2D eigenvalue weighted by molar-refractivity contribution is -0.164. The lowest BCUT2D eigenvalue weighted by Gasteiger charge is -2.29. The van der Waals surface area contributed by atoms with E-state index in [1.54, 1.807) is 20.8 Å². The number of amides is 2. The molecule has 8 nitrogen and oxygen atoms in total. The first-order chi connectivity index (χ1) is 13.1. The first-order valence-corrected chi connectivity index (χ1v) is 9.27. The number of nitrogens with two attached hydrogens (primary N) is 1. The lowest BCUT2D eigenvalue weighted by atomic mass is 9.92. The average molecular weight is 393 g/mol. The van der Waals surface area contributed by atoms with Crippen molar-refractivity contribution in [1.29, 1.82) is 0 Å². The number of likely N-dealkylation sites (N-methyl/N-ethyl adjacent to an activating group) is 1. The van der Waals surface area contributed by atoms with Gasteiger partial charge in [-0.15, -0.1) is 0 Å². The molecule has 4 N–H and O–H groups in total. The summed E-state index contributed by atoms with van der Waals surface area (Å²) in [6, 6.07) is 9.35. The molecule has 1 rings (SSSR count). The van der Waals surface area contributed by atoms with Crippen LogP contribution in [0.3, 0.4) is 0 Å². The Hall–Kier alpha value is -2.61. The van der Waals surface area contributed by atoms with Gasteiger partial charge in [0.1, 0.15) is 12.2 Å². The highest BCUT2D eigenvalue weighted by Gasteiger charge is 2.44. The molecule has 2 amide bonds. The second-order valence-corrected chi connectivity index (χ2v) is 7.50. The summed E-state index contributed by atoms with van der Waals surface area (Å²) in [5.74, 6) is -1.37. The lowest BCUT2D eigenvalue weighted by Crippen LogP contribution is -2.60. The van der Waals surface area contributed by atoms with E-state index in [0.717, 1.165) is 5.56 Å². The summed E-state index contributed by atoms with van der Waals surface area (Å²) in [4.78, 5) is 36.2. The minimum Gasteiger partial charge on any atom is -0.458 e. The van der Waals surface area contributed by atoms with Crippen LogP contribution in [0.4, 0.5) is 4.79 Å². The van der Waals surface area contributed by atoms with Crippen molar-refractivity contribution in [2.75, 3.05) is 13.6 Å². The van der Waals surface area contributed by atoms with E-state index in [4.69, 9.17) is 15.2 Å². The molecule has 28 heavy (non-hydrogen) atoms. The Morgan fingerprint density at radius 1 is 1.07 bits per heavy atom. The quantitative estimate of drug-likeness (QED) is 0.335. The Kier molecular flexibility index (Phi) is 8.91. The number of hydrogen-bond acceptors (Lipinski definition) is 6. The molecule has 0 saturated heterocycles. The minimum atomic E-state index is -1.77. The van der Waals surface area contributed by atoms with Gasteiger partial charge in [-0.3, -0.25) is 4.79 Å². The fraction of sp³-hybridized carbons (Fsp3) is 0.550. The van der Waals surface area contributed by atoms with Gasteiger partial charge in [0.2, 0.25) is 0 Å². The molecule has 0 bridgehead atoms. The molecule has 1 aromatic rings. The molecule has 0 saturated carbocycles. The van der Waals surface area contributed by atoms with E-state index >= 15 is 0 Å². The van der Waals surface area contributed by atoms with Crippen molar-refractivity contribution in [1.82, 2.24) is 10.6 Å². The summed E-state index contributed by atoms with van der Waals surface area (Å²) in [5, 5.41) is 5.04. The number of nitrogens with one attached hydrogen (secondary N) is 2. The number of benzene rings is 1. The molecule has 0 heterocycles. The zero-order valence-corrected chi connectivity index (χ0v) is 17.0. The van der Waals surface area contributed by atoms with Gasteiger partial charge in [-0.05, 0) is 45.6 Å². The van der Waals surface area contributed by atoms with Gasteiger partial charge in [-0.25, -0.2) is 9.59 Å². The predicted molar refractivity (Wildman–Crippen MR) is 105 cm³/mol. The Morgan fingerprint density at radius 2 is 1.71 bits per heavy atom. The number of carbonyl (C=O) groups excluding carboxylic acids is 3. The monoisotopic (exact) mass is 393 g/mol. The summed E-state index contributed by atoms with van der Waals surface area (Å²) < 4.78 is 10.4. The van der Waals surface area contributed by atoms with Gasteiger partial charge >= 0.3 is 12.1 Å². The van der Waals surface area contributed by atoms with Gasteiger partial charge in [0.15, 0.2) is 5.54 Å². The second kappa shape index (κ2) is 10.7. The number of hydrogen-bond donors (Lipinski definition) is 3. The van der Waals surface area contributed by atoms with Crippen molar-refractivity contribution < 1.29 is 23.9 Å². The van der Waals surface area contributed by atoms with Crippen LogP contribution in [0.2, 0.25) is 0 Å². The molecule has 0 radical (unpaired) electrons. The molecule has 0 fully saturated rings. The van der Waals surface area contributed by atoms with Crippen molar-refractivity contribution in [3.8, 4) is 0 Å². The molecular weight excluding hydrogens is 362 g/mol. The number of alkyl carbamates (subject to hydrolysis) is 1. The van der Waals surface area contributed by atoms with Crippen LogP contribution in [0.1, 0.15) is 45.6 Å². The number of rotatable bonds is 9. The Labute approximate surface area is 166 Å². The zero-order valence-electron chi connectivity index (χ0n) is 17.0. The van der Waals surface area contributed by atoms with Crippen molar-refractivity contribution in [3.63, 3.8) is 0 Å². The first-order valence-electron chi connectivity index (χ1n) is 9.27. The van der Waals surface area contributed by atoms with Crippen LogP contribution in [-0.4, -0.2) is 42.7 Å². The van der Waals surface area contributed by atoms with Gasteiger partial charge in [-0.1, -0.05) is 30.3 Å². The highest BCUT2D eigenvalue weighted by Crippen LogP contribution is 2.18. The molecule has 1 aromatic carbocycles. The number of unbranched alkanes of at least 4 members (excludes halogenated alkanes) is 1. The van der Waals surface area contributed by atoms with E-state index in [2.05, 4.69) is 10.6 Å². The molecule has 1 atom stereocenters. The molecule has 0 aliphatic rings. The van der Waals surface area contributed by atoms with Crippen LogP contribution < -0.4 is 16.4 Å². The number of esters is 1. The predicted octanol–water partition coefficient (Wildman–Crippen LogP) is 1.87. The second-order valence-electron chi connectivity index (χ2n) is 7.50. The maximum absolute atomic E-state index is 12.4. The van der Waals surface area contributed by atoms with Crippen LogP contribution in [0.25, 0.3) is 0 Å². The highest BCUT2D eigenvalue weighted by molar-refractivity contribution is 6.07. The van der Waals surface area contributed by atoms with Crippen molar-refractivity contribution >= 4 is 18.0 Å². The number of ether oxygens (including phenoxy) is 2. The Bertz CT molecular complexity index is 658. The standard InChI is InChI=1S/C20H31N3O5/c1-19(2,3)28-17(25)20(21,16(24)22-4)12-8-9-13-23-18(26)27-14-15-10-6-5-7-11-15/h5-7,10-11H,8-9,12-14,21H2,1-4H3,(H,22,24)(H,23,26)/t20-/m0/s1. The SMILES string of the molecule is CNC(=O)[C@@](N)(CCCCNC(=O)OCc1ccccc1)C(=O)OC(C)(C)C. The Morgan fingerprint density at radius 3 is 2.29 bits per heavy atom. The van der Waals surface area contributed by atoms with E-state index in [1.807, 2.05) is 30.3 Å². The van der Waals surface area contributed by atoms with E-state index in [9.17, 15) is 14.4 Å². The summed E-state index contributed by atoms with van der Waals surface area (Å²) in [7, 11) is 1.42. The van der Waals surface area contributed by atoms with Gasteiger partial charge in [0, 0.05) is 13.6 Å². The largest absolute Gasteiger partial charge is 0.458 e. The zero-order chi connectivity index (χ0) is 21.2. The maximum Gasteiger partial charge on any atom is 0.407 e. The van der Waals surface area contributed by atoms with Gasteiger partial charge in [0.25, 0.3) is 5.91 Å². The molecule has 0 aromatic heterocycles. The van der Waals surface area contributed by atoms with Gasteiger partial charge in [-0.2, -0.15) is 0 Å². The van der Waals surface area contributed by atoms with Crippen LogP contribution >= 0.6 is 0 Å². The Balaban J connectivity index is 2.40. The molecule has 0 spiro atoms. The summed E-state index contributed by atoms with van der Waals surface area (Å²) in [6.07, 6.45) is 0.546. The summed E-state index contributed by atoms with van der Waals surface area (Å²) in [5.41, 5.74) is 4.44. The topological polar surface area (TPSA) is 120 Å². The van der Waals surface area contributed by atoms with Crippen molar-refractivity contribution in [3.05, 3.63) is 35.9 Å². The van der Waals surface area contributed by atoms with Crippen molar-refractivity contribution in [2.45, 2.75) is 57.8 Å². The fourth-order valence-electron chi connectivity index (χ4n) is 2.39. The third-order valence-electron chi connectivity index (χ3n) is 3.88.